The van der Waals surface area contributed by atoms with E-state index in [-0.39, 0.29) is 17.3 Å². The molecule has 0 radical (unpaired) electrons. The van der Waals surface area contributed by atoms with E-state index in [1.165, 1.54) is 6.26 Å². The Balaban J connectivity index is 1.87. The molecule has 6 nitrogen and oxygen atoms in total. The summed E-state index contributed by atoms with van der Waals surface area (Å²) in [6.45, 7) is 6.12. The van der Waals surface area contributed by atoms with Crippen LogP contribution >= 0.6 is 0 Å². The molecule has 23 heavy (non-hydrogen) atoms. The van der Waals surface area contributed by atoms with Crippen molar-refractivity contribution in [2.24, 2.45) is 5.92 Å². The highest BCUT2D eigenvalue weighted by atomic mass is 32.2. The van der Waals surface area contributed by atoms with E-state index in [1.54, 1.807) is 0 Å². The molecule has 3 unspecified atom stereocenters. The van der Waals surface area contributed by atoms with Gasteiger partial charge in [0.25, 0.3) is 0 Å². The third kappa shape index (κ3) is 5.95. The van der Waals surface area contributed by atoms with Gasteiger partial charge in [-0.3, -0.25) is 0 Å². The lowest BCUT2D eigenvalue weighted by atomic mass is 10.1. The second-order valence-electron chi connectivity index (χ2n) is 7.90. The topological polar surface area (TPSA) is 84.5 Å². The molecule has 0 bridgehead atoms. The number of hydrogen-bond donors (Lipinski definition) is 2. The maximum atomic E-state index is 12.0. The summed E-state index contributed by atoms with van der Waals surface area (Å²) < 4.78 is 29.0. The first-order valence-corrected chi connectivity index (χ1v) is 10.4. The van der Waals surface area contributed by atoms with Crippen molar-refractivity contribution in [1.82, 2.24) is 10.6 Å². The average Bonchev–Trinajstić information content (AvgIpc) is 3.08. The van der Waals surface area contributed by atoms with Crippen molar-refractivity contribution in [3.05, 3.63) is 0 Å². The molecule has 0 aliphatic heterocycles. The van der Waals surface area contributed by atoms with Crippen molar-refractivity contribution in [3.63, 3.8) is 0 Å². The fraction of sp³-hybridized carbons (Fsp3) is 0.938. The molecule has 2 aliphatic rings. The number of nitrogens with one attached hydrogen (secondary N) is 2. The van der Waals surface area contributed by atoms with E-state index in [0.29, 0.717) is 12.5 Å². The van der Waals surface area contributed by atoms with Crippen LogP contribution in [-0.4, -0.2) is 50.2 Å². The number of alkyl carbamates (subject to hydrolysis) is 1. The molecule has 0 aromatic rings. The molecule has 7 heteroatoms. The Morgan fingerprint density at radius 3 is 2.39 bits per heavy atom. The molecule has 0 heterocycles. The van der Waals surface area contributed by atoms with Crippen LogP contribution in [0.15, 0.2) is 0 Å². The van der Waals surface area contributed by atoms with Crippen molar-refractivity contribution in [2.45, 2.75) is 75.8 Å². The molecular weight excluding hydrogens is 316 g/mol. The van der Waals surface area contributed by atoms with Gasteiger partial charge >= 0.3 is 6.09 Å². The van der Waals surface area contributed by atoms with E-state index >= 15 is 0 Å². The van der Waals surface area contributed by atoms with Gasteiger partial charge in [0.15, 0.2) is 9.84 Å². The smallest absolute Gasteiger partial charge is 0.407 e. The number of sulfone groups is 1. The molecule has 2 rings (SSSR count). The van der Waals surface area contributed by atoms with Crippen molar-refractivity contribution < 1.29 is 17.9 Å². The lowest BCUT2D eigenvalue weighted by Crippen LogP contribution is -2.49. The van der Waals surface area contributed by atoms with Crippen LogP contribution in [0, 0.1) is 5.92 Å². The average molecular weight is 346 g/mol. The number of carbonyl (C=O) groups excluding carboxylic acids is 1. The maximum Gasteiger partial charge on any atom is 0.407 e. The van der Waals surface area contributed by atoms with Gasteiger partial charge in [-0.2, -0.15) is 0 Å². The molecule has 1 amide bonds. The largest absolute Gasteiger partial charge is 0.444 e. The second kappa shape index (κ2) is 6.97. The zero-order valence-corrected chi connectivity index (χ0v) is 15.4. The molecule has 0 aromatic heterocycles. The molecule has 2 fully saturated rings. The van der Waals surface area contributed by atoms with E-state index in [4.69, 9.17) is 4.74 Å². The van der Waals surface area contributed by atoms with Gasteiger partial charge in [-0.05, 0) is 52.4 Å². The summed E-state index contributed by atoms with van der Waals surface area (Å²) in [6.07, 6.45) is 5.65. The standard InChI is InChI=1S/C16H30N2O4S/c1-16(2,3)22-15(19)18-13(11-8-9-11)10-17-12-6-5-7-14(12)23(4,20)21/h11-14,17H,5-10H2,1-4H3,(H,18,19). The van der Waals surface area contributed by atoms with Gasteiger partial charge in [-0.1, -0.05) is 6.42 Å². The van der Waals surface area contributed by atoms with Crippen LogP contribution in [0.1, 0.15) is 52.9 Å². The molecule has 0 aromatic carbocycles. The van der Waals surface area contributed by atoms with Crippen LogP contribution in [0.25, 0.3) is 0 Å². The first-order chi connectivity index (χ1) is 10.6. The summed E-state index contributed by atoms with van der Waals surface area (Å²) in [5.74, 6) is 0.466. The Labute approximate surface area is 139 Å². The minimum atomic E-state index is -3.03. The SMILES string of the molecule is CC(C)(C)OC(=O)NC(CNC1CCCC1S(C)(=O)=O)C1CC1. The van der Waals surface area contributed by atoms with Crippen LogP contribution in [0.3, 0.4) is 0 Å². The van der Waals surface area contributed by atoms with Crippen LogP contribution in [0.4, 0.5) is 4.79 Å². The van der Waals surface area contributed by atoms with E-state index in [1.807, 2.05) is 20.8 Å². The van der Waals surface area contributed by atoms with Crippen LogP contribution in [-0.2, 0) is 14.6 Å². The molecule has 134 valence electrons. The Bertz CT molecular complexity index is 523. The second-order valence-corrected chi connectivity index (χ2v) is 10.2. The van der Waals surface area contributed by atoms with Gasteiger partial charge in [-0.15, -0.1) is 0 Å². The highest BCUT2D eigenvalue weighted by molar-refractivity contribution is 7.91. The number of amides is 1. The van der Waals surface area contributed by atoms with Crippen molar-refractivity contribution in [2.75, 3.05) is 12.8 Å². The van der Waals surface area contributed by atoms with Crippen LogP contribution in [0.2, 0.25) is 0 Å². The Hall–Kier alpha value is -0.820. The maximum absolute atomic E-state index is 12.0. The fourth-order valence-electron chi connectivity index (χ4n) is 3.24. The summed E-state index contributed by atoms with van der Waals surface area (Å²) in [6, 6.07) is -0.00246. The first kappa shape index (κ1) is 18.5. The summed E-state index contributed by atoms with van der Waals surface area (Å²) in [4.78, 5) is 12.0. The monoisotopic (exact) mass is 346 g/mol. The zero-order chi connectivity index (χ0) is 17.3. The number of hydrogen-bond acceptors (Lipinski definition) is 5. The number of ether oxygens (including phenoxy) is 1. The predicted octanol–water partition coefficient (Wildman–Crippen LogP) is 1.84. The van der Waals surface area contributed by atoms with Crippen molar-refractivity contribution in [3.8, 4) is 0 Å². The van der Waals surface area contributed by atoms with Gasteiger partial charge in [0.1, 0.15) is 5.60 Å². The minimum absolute atomic E-state index is 0.00524. The van der Waals surface area contributed by atoms with E-state index in [2.05, 4.69) is 10.6 Å². The van der Waals surface area contributed by atoms with Gasteiger partial charge in [0, 0.05) is 24.9 Å². The molecule has 2 aliphatic carbocycles. The Morgan fingerprint density at radius 2 is 1.87 bits per heavy atom. The third-order valence-corrected chi connectivity index (χ3v) is 6.16. The first-order valence-electron chi connectivity index (χ1n) is 8.48. The van der Waals surface area contributed by atoms with Crippen molar-refractivity contribution >= 4 is 15.9 Å². The van der Waals surface area contributed by atoms with Gasteiger partial charge in [-0.25, -0.2) is 13.2 Å². The quantitative estimate of drug-likeness (QED) is 0.767. The molecule has 3 atom stereocenters. The lowest BCUT2D eigenvalue weighted by molar-refractivity contribution is 0.0496. The normalized spacial score (nSPS) is 26.8. The van der Waals surface area contributed by atoms with E-state index in [9.17, 15) is 13.2 Å². The molecule has 2 N–H and O–H groups in total. The molecule has 0 saturated heterocycles. The minimum Gasteiger partial charge on any atom is -0.444 e. The summed E-state index contributed by atoms with van der Waals surface area (Å²) >= 11 is 0. The fourth-order valence-corrected chi connectivity index (χ4v) is 4.67. The van der Waals surface area contributed by atoms with E-state index in [0.717, 1.165) is 32.1 Å². The number of carbonyl (C=O) groups is 1. The number of rotatable bonds is 6. The molecule has 2 saturated carbocycles. The molecule has 0 spiro atoms. The van der Waals surface area contributed by atoms with Crippen LogP contribution < -0.4 is 10.6 Å². The van der Waals surface area contributed by atoms with Gasteiger partial charge < -0.3 is 15.4 Å². The summed E-state index contributed by atoms with van der Waals surface area (Å²) in [5, 5.41) is 6.02. The predicted molar refractivity (Wildman–Crippen MR) is 90.2 cm³/mol. The Kier molecular flexibility index (Phi) is 5.61. The van der Waals surface area contributed by atoms with Gasteiger partial charge in [0.2, 0.25) is 0 Å². The van der Waals surface area contributed by atoms with Gasteiger partial charge in [0.05, 0.1) is 5.25 Å². The van der Waals surface area contributed by atoms with Crippen molar-refractivity contribution in [1.29, 1.82) is 0 Å². The zero-order valence-electron chi connectivity index (χ0n) is 14.6. The summed E-state index contributed by atoms with van der Waals surface area (Å²) in [5.41, 5.74) is -0.515. The molecular formula is C16H30N2O4S. The highest BCUT2D eigenvalue weighted by Crippen LogP contribution is 2.33. The Morgan fingerprint density at radius 1 is 1.22 bits per heavy atom. The third-order valence-electron chi connectivity index (χ3n) is 4.50. The lowest BCUT2D eigenvalue weighted by Gasteiger charge is -2.26. The van der Waals surface area contributed by atoms with Crippen LogP contribution in [0.5, 0.6) is 0 Å². The van der Waals surface area contributed by atoms with E-state index < -0.39 is 21.5 Å². The highest BCUT2D eigenvalue weighted by Gasteiger charge is 2.37. The summed E-state index contributed by atoms with van der Waals surface area (Å²) in [7, 11) is -3.03.